The van der Waals surface area contributed by atoms with E-state index in [9.17, 15) is 14.4 Å². The number of aryl methyl sites for hydroxylation is 2. The largest absolute Gasteiger partial charge is 0.376 e. The minimum Gasteiger partial charge on any atom is -0.376 e. The highest BCUT2D eigenvalue weighted by Crippen LogP contribution is 2.53. The highest BCUT2D eigenvalue weighted by molar-refractivity contribution is 6.02. The van der Waals surface area contributed by atoms with E-state index in [2.05, 4.69) is 30.5 Å². The number of hydrogen-bond acceptors (Lipinski definition) is 5. The molecule has 40 heavy (non-hydrogen) atoms. The second kappa shape index (κ2) is 10.6. The SMILES string of the molecule is Cc1cc(C)cc(NC(=O)C2CC3=CC4(OC3)C2C(=O)N(CC2CCCO2)C4C(=O)NC2CCCC(C)C2C)c1. The van der Waals surface area contributed by atoms with Crippen molar-refractivity contribution >= 4 is 23.4 Å². The van der Waals surface area contributed by atoms with E-state index in [-0.39, 0.29) is 29.9 Å². The van der Waals surface area contributed by atoms with Crippen molar-refractivity contribution in [1.82, 2.24) is 10.2 Å². The topological polar surface area (TPSA) is 97.0 Å². The second-order valence-electron chi connectivity index (χ2n) is 13.0. The Morgan fingerprint density at radius 2 is 1.82 bits per heavy atom. The molecule has 2 saturated heterocycles. The van der Waals surface area contributed by atoms with E-state index in [4.69, 9.17) is 9.47 Å². The van der Waals surface area contributed by atoms with Crippen LogP contribution in [0.3, 0.4) is 0 Å². The molecule has 2 aliphatic carbocycles. The molecule has 8 atom stereocenters. The summed E-state index contributed by atoms with van der Waals surface area (Å²) in [5, 5.41) is 6.42. The molecule has 6 rings (SSSR count). The van der Waals surface area contributed by atoms with Crippen LogP contribution in [0.5, 0.6) is 0 Å². The van der Waals surface area contributed by atoms with Crippen molar-refractivity contribution < 1.29 is 23.9 Å². The molecule has 0 aromatic heterocycles. The predicted molar refractivity (Wildman–Crippen MR) is 151 cm³/mol. The molecule has 3 fully saturated rings. The molecule has 2 bridgehead atoms. The van der Waals surface area contributed by atoms with Crippen LogP contribution in [0.15, 0.2) is 29.8 Å². The van der Waals surface area contributed by atoms with Crippen molar-refractivity contribution in [2.75, 3.05) is 25.1 Å². The summed E-state index contributed by atoms with van der Waals surface area (Å²) < 4.78 is 12.4. The molecule has 3 aliphatic heterocycles. The summed E-state index contributed by atoms with van der Waals surface area (Å²) in [5.41, 5.74) is 2.68. The normalized spacial score (nSPS) is 36.8. The van der Waals surface area contributed by atoms with Crippen LogP contribution in [-0.4, -0.2) is 66.2 Å². The number of carbonyl (C=O) groups is 3. The molecule has 8 heteroatoms. The van der Waals surface area contributed by atoms with Crippen molar-refractivity contribution in [3.8, 4) is 0 Å². The van der Waals surface area contributed by atoms with Gasteiger partial charge >= 0.3 is 0 Å². The fraction of sp³-hybridized carbons (Fsp3) is 0.656. The third-order valence-electron chi connectivity index (χ3n) is 10.1. The van der Waals surface area contributed by atoms with Gasteiger partial charge in [-0.15, -0.1) is 0 Å². The molecule has 3 amide bonds. The van der Waals surface area contributed by atoms with Crippen molar-refractivity contribution in [3.63, 3.8) is 0 Å². The number of ether oxygens (including phenoxy) is 2. The van der Waals surface area contributed by atoms with Crippen molar-refractivity contribution in [1.29, 1.82) is 0 Å². The second-order valence-corrected chi connectivity index (χ2v) is 13.0. The van der Waals surface area contributed by atoms with Gasteiger partial charge in [0.1, 0.15) is 11.6 Å². The number of hydrogen-bond donors (Lipinski definition) is 2. The third kappa shape index (κ3) is 4.77. The van der Waals surface area contributed by atoms with E-state index >= 15 is 0 Å². The number of carbonyl (C=O) groups excluding carboxylic acids is 3. The Bertz CT molecular complexity index is 1200. The number of likely N-dealkylation sites (tertiary alicyclic amines) is 1. The number of nitrogens with zero attached hydrogens (tertiary/aromatic N) is 1. The average Bonchev–Trinajstić information content (AvgIpc) is 3.59. The Hall–Kier alpha value is -2.71. The Kier molecular flexibility index (Phi) is 7.28. The maximum Gasteiger partial charge on any atom is 0.246 e. The van der Waals surface area contributed by atoms with Crippen molar-refractivity contribution in [2.24, 2.45) is 23.7 Å². The molecular formula is C32H43N3O5. The number of amides is 3. The molecule has 8 unspecified atom stereocenters. The molecule has 8 nitrogen and oxygen atoms in total. The quantitative estimate of drug-likeness (QED) is 0.525. The number of benzene rings is 1. The van der Waals surface area contributed by atoms with Crippen molar-refractivity contribution in [3.05, 3.63) is 41.0 Å². The zero-order chi connectivity index (χ0) is 28.2. The summed E-state index contributed by atoms with van der Waals surface area (Å²) in [4.78, 5) is 44.0. The first-order chi connectivity index (χ1) is 19.2. The lowest BCUT2D eigenvalue weighted by molar-refractivity contribution is -0.140. The van der Waals surface area contributed by atoms with E-state index in [1.54, 1.807) is 4.90 Å². The molecule has 5 aliphatic rings. The highest BCUT2D eigenvalue weighted by atomic mass is 16.5. The Morgan fingerprint density at radius 1 is 1.05 bits per heavy atom. The number of anilines is 1. The van der Waals surface area contributed by atoms with Crippen LogP contribution in [0.2, 0.25) is 0 Å². The molecule has 1 saturated carbocycles. The first-order valence-electron chi connectivity index (χ1n) is 15.1. The van der Waals surface area contributed by atoms with E-state index in [0.29, 0.717) is 38.0 Å². The summed E-state index contributed by atoms with van der Waals surface area (Å²) in [6.45, 7) is 9.79. The van der Waals surface area contributed by atoms with Gasteiger partial charge in [-0.3, -0.25) is 14.4 Å². The van der Waals surface area contributed by atoms with Gasteiger partial charge in [-0.25, -0.2) is 0 Å². The van der Waals surface area contributed by atoms with Gasteiger partial charge in [0.05, 0.1) is 24.5 Å². The van der Waals surface area contributed by atoms with E-state index < -0.39 is 23.5 Å². The van der Waals surface area contributed by atoms with Crippen LogP contribution in [-0.2, 0) is 23.9 Å². The lowest BCUT2D eigenvalue weighted by atomic mass is 9.70. The lowest BCUT2D eigenvalue weighted by Crippen LogP contribution is -2.59. The van der Waals surface area contributed by atoms with E-state index in [0.717, 1.165) is 48.1 Å². The molecule has 2 N–H and O–H groups in total. The van der Waals surface area contributed by atoms with Gasteiger partial charge in [0.2, 0.25) is 17.7 Å². The van der Waals surface area contributed by atoms with Crippen LogP contribution in [0.1, 0.15) is 63.5 Å². The standard InChI is InChI=1S/C32H43N3O5/c1-18-11-19(2)13-23(12-18)33-29(36)25-14-22-15-32(40-17-22)27(25)31(38)35(16-24-8-6-10-39-24)28(32)30(37)34-26-9-5-7-20(3)21(26)4/h11-13,15,20-21,24-28H,5-10,14,16-17H2,1-4H3,(H,33,36)(H,34,37). The average molecular weight is 550 g/mol. The maximum atomic E-state index is 14.3. The van der Waals surface area contributed by atoms with E-state index in [1.807, 2.05) is 32.1 Å². The van der Waals surface area contributed by atoms with Gasteiger partial charge < -0.3 is 25.0 Å². The summed E-state index contributed by atoms with van der Waals surface area (Å²) in [7, 11) is 0. The van der Waals surface area contributed by atoms with Gasteiger partial charge in [-0.1, -0.05) is 32.8 Å². The predicted octanol–water partition coefficient (Wildman–Crippen LogP) is 3.90. The maximum absolute atomic E-state index is 14.3. The lowest BCUT2D eigenvalue weighted by Gasteiger charge is -2.40. The van der Waals surface area contributed by atoms with Crippen LogP contribution in [0, 0.1) is 37.5 Å². The van der Waals surface area contributed by atoms with Crippen LogP contribution >= 0.6 is 0 Å². The molecule has 216 valence electrons. The summed E-state index contributed by atoms with van der Waals surface area (Å²) in [6, 6.07) is 5.18. The van der Waals surface area contributed by atoms with Crippen molar-refractivity contribution in [2.45, 2.75) is 90.0 Å². The van der Waals surface area contributed by atoms with Crippen LogP contribution in [0.4, 0.5) is 5.69 Å². The summed E-state index contributed by atoms with van der Waals surface area (Å²) >= 11 is 0. The third-order valence-corrected chi connectivity index (χ3v) is 10.1. The highest BCUT2D eigenvalue weighted by Gasteiger charge is 2.68. The van der Waals surface area contributed by atoms with E-state index in [1.165, 1.54) is 6.42 Å². The zero-order valence-corrected chi connectivity index (χ0v) is 24.2. The smallest absolute Gasteiger partial charge is 0.246 e. The fourth-order valence-electron chi connectivity index (χ4n) is 8.00. The summed E-state index contributed by atoms with van der Waals surface area (Å²) in [5.74, 6) is -1.05. The fourth-order valence-corrected chi connectivity index (χ4v) is 8.00. The van der Waals surface area contributed by atoms with Gasteiger partial charge in [-0.2, -0.15) is 0 Å². The monoisotopic (exact) mass is 549 g/mol. The minimum atomic E-state index is -1.15. The van der Waals surface area contributed by atoms with Gasteiger partial charge in [0, 0.05) is 24.9 Å². The number of nitrogens with one attached hydrogen (secondary N) is 2. The molecule has 3 heterocycles. The molecular weight excluding hydrogens is 506 g/mol. The molecule has 1 aromatic carbocycles. The Labute approximate surface area is 237 Å². The van der Waals surface area contributed by atoms with Crippen LogP contribution < -0.4 is 10.6 Å². The van der Waals surface area contributed by atoms with Gasteiger partial charge in [-0.05, 0) is 86.3 Å². The van der Waals surface area contributed by atoms with Gasteiger partial charge in [0.15, 0.2) is 0 Å². The zero-order valence-electron chi connectivity index (χ0n) is 24.2. The Balaban J connectivity index is 1.32. The molecule has 1 spiro atoms. The minimum absolute atomic E-state index is 0.0588. The number of rotatable bonds is 6. The molecule has 1 aromatic rings. The first kappa shape index (κ1) is 27.5. The molecule has 0 radical (unpaired) electrons. The van der Waals surface area contributed by atoms with Crippen LogP contribution in [0.25, 0.3) is 0 Å². The first-order valence-corrected chi connectivity index (χ1v) is 15.1. The summed E-state index contributed by atoms with van der Waals surface area (Å²) in [6.07, 6.45) is 7.31. The van der Waals surface area contributed by atoms with Gasteiger partial charge in [0.25, 0.3) is 0 Å². The Morgan fingerprint density at radius 3 is 2.55 bits per heavy atom.